The monoisotopic (exact) mass is 214 g/mol. The van der Waals surface area contributed by atoms with E-state index < -0.39 is 0 Å². The van der Waals surface area contributed by atoms with E-state index in [0.29, 0.717) is 0 Å². The average molecular weight is 214 g/mol. The van der Waals surface area contributed by atoms with Gasteiger partial charge in [0.25, 0.3) is 0 Å². The van der Waals surface area contributed by atoms with Gasteiger partial charge in [0.05, 0.1) is 6.61 Å². The molecule has 0 unspecified atom stereocenters. The molecule has 3 nitrogen and oxygen atoms in total. The van der Waals surface area contributed by atoms with Crippen LogP contribution in [0.25, 0.3) is 0 Å². The van der Waals surface area contributed by atoms with Crippen molar-refractivity contribution in [1.29, 1.82) is 0 Å². The van der Waals surface area contributed by atoms with Crippen molar-refractivity contribution in [2.75, 3.05) is 33.4 Å². The summed E-state index contributed by atoms with van der Waals surface area (Å²) in [5.74, 6) is 0. The van der Waals surface area contributed by atoms with Gasteiger partial charge in [-0.1, -0.05) is 13.5 Å². The number of likely N-dealkylation sites (N-methyl/N-ethyl adjacent to an activating group) is 1. The van der Waals surface area contributed by atoms with Crippen LogP contribution < -0.4 is 10.6 Å². The van der Waals surface area contributed by atoms with Crippen LogP contribution in [0, 0.1) is 0 Å². The molecule has 0 aromatic carbocycles. The summed E-state index contributed by atoms with van der Waals surface area (Å²) in [5, 5.41) is 6.35. The molecule has 15 heavy (non-hydrogen) atoms. The van der Waals surface area contributed by atoms with Gasteiger partial charge in [0.2, 0.25) is 0 Å². The van der Waals surface area contributed by atoms with Crippen LogP contribution >= 0.6 is 0 Å². The highest BCUT2D eigenvalue weighted by atomic mass is 16.5. The molecule has 0 amide bonds. The number of hydrogen-bond donors (Lipinski definition) is 2. The maximum absolute atomic E-state index is 5.42. The van der Waals surface area contributed by atoms with Gasteiger partial charge in [-0.05, 0) is 32.7 Å². The summed E-state index contributed by atoms with van der Waals surface area (Å²) in [7, 11) is 1.94. The third-order valence-corrected chi connectivity index (χ3v) is 2.26. The van der Waals surface area contributed by atoms with Gasteiger partial charge in [0, 0.05) is 25.4 Å². The highest BCUT2D eigenvalue weighted by Crippen LogP contribution is 1.96. The minimum absolute atomic E-state index is 0.821. The zero-order valence-corrected chi connectivity index (χ0v) is 10.3. The Hall–Kier alpha value is -0.540. The maximum atomic E-state index is 5.42. The first-order chi connectivity index (χ1) is 7.31. The topological polar surface area (TPSA) is 33.3 Å². The minimum Gasteiger partial charge on any atom is -0.389 e. The summed E-state index contributed by atoms with van der Waals surface area (Å²) >= 11 is 0. The molecular formula is C12H26N2O. The van der Waals surface area contributed by atoms with E-state index in [2.05, 4.69) is 24.1 Å². The predicted molar refractivity (Wildman–Crippen MR) is 66.0 cm³/mol. The zero-order valence-electron chi connectivity index (χ0n) is 10.3. The summed E-state index contributed by atoms with van der Waals surface area (Å²) in [6.07, 6.45) is 4.61. The van der Waals surface area contributed by atoms with Gasteiger partial charge in [-0.25, -0.2) is 0 Å². The first-order valence-electron chi connectivity index (χ1n) is 5.95. The van der Waals surface area contributed by atoms with Crippen LogP contribution in [0.4, 0.5) is 0 Å². The van der Waals surface area contributed by atoms with Gasteiger partial charge in [0.1, 0.15) is 0 Å². The molecule has 0 spiro atoms. The summed E-state index contributed by atoms with van der Waals surface area (Å²) in [6, 6.07) is 0. The van der Waals surface area contributed by atoms with Gasteiger partial charge < -0.3 is 15.4 Å². The highest BCUT2D eigenvalue weighted by molar-refractivity contribution is 4.88. The molecular weight excluding hydrogens is 188 g/mol. The van der Waals surface area contributed by atoms with Crippen LogP contribution in [0.1, 0.15) is 32.6 Å². The molecule has 2 N–H and O–H groups in total. The molecule has 0 saturated carbocycles. The Morgan fingerprint density at radius 3 is 2.60 bits per heavy atom. The van der Waals surface area contributed by atoms with Gasteiger partial charge in [-0.3, -0.25) is 0 Å². The van der Waals surface area contributed by atoms with Crippen molar-refractivity contribution in [2.45, 2.75) is 32.6 Å². The number of hydrogen-bond acceptors (Lipinski definition) is 3. The molecule has 0 aliphatic heterocycles. The fourth-order valence-corrected chi connectivity index (χ4v) is 1.17. The molecule has 0 atom stereocenters. The van der Waals surface area contributed by atoms with Crippen molar-refractivity contribution < 1.29 is 4.74 Å². The lowest BCUT2D eigenvalue weighted by Crippen LogP contribution is -2.15. The largest absolute Gasteiger partial charge is 0.389 e. The average Bonchev–Trinajstić information content (AvgIpc) is 2.26. The number of allylic oxidation sites excluding steroid dienone is 1. The molecule has 0 rings (SSSR count). The molecule has 0 heterocycles. The zero-order chi connectivity index (χ0) is 11.4. The van der Waals surface area contributed by atoms with Crippen LogP contribution in [-0.4, -0.2) is 33.4 Å². The van der Waals surface area contributed by atoms with E-state index in [9.17, 15) is 0 Å². The Kier molecular flexibility index (Phi) is 11.1. The van der Waals surface area contributed by atoms with E-state index in [1.165, 1.54) is 12.8 Å². The second-order valence-electron chi connectivity index (χ2n) is 3.66. The number of rotatable bonds is 11. The van der Waals surface area contributed by atoms with Crippen molar-refractivity contribution >= 4 is 0 Å². The van der Waals surface area contributed by atoms with E-state index in [0.717, 1.165) is 44.8 Å². The molecule has 0 aliphatic rings. The molecule has 0 fully saturated rings. The Bertz CT molecular complexity index is 149. The van der Waals surface area contributed by atoms with Gasteiger partial charge in [-0.2, -0.15) is 0 Å². The molecule has 0 aromatic rings. The van der Waals surface area contributed by atoms with Gasteiger partial charge in [0.15, 0.2) is 0 Å². The molecule has 90 valence electrons. The maximum Gasteiger partial charge on any atom is 0.0590 e. The highest BCUT2D eigenvalue weighted by Gasteiger charge is 1.91. The number of ether oxygens (including phenoxy) is 1. The normalized spacial score (nSPS) is 10.3. The first-order valence-corrected chi connectivity index (χ1v) is 5.95. The quantitative estimate of drug-likeness (QED) is 0.515. The Morgan fingerprint density at radius 1 is 1.13 bits per heavy atom. The summed E-state index contributed by atoms with van der Waals surface area (Å²) in [5.41, 5.74) is 1.14. The van der Waals surface area contributed by atoms with E-state index >= 15 is 0 Å². The first kappa shape index (κ1) is 14.5. The minimum atomic E-state index is 0.821. The van der Waals surface area contributed by atoms with Gasteiger partial charge in [-0.15, -0.1) is 0 Å². The van der Waals surface area contributed by atoms with Crippen molar-refractivity contribution in [2.24, 2.45) is 0 Å². The molecule has 0 bridgehead atoms. The van der Waals surface area contributed by atoms with Crippen molar-refractivity contribution in [3.8, 4) is 0 Å². The van der Waals surface area contributed by atoms with E-state index in [1.54, 1.807) is 0 Å². The lowest BCUT2D eigenvalue weighted by Gasteiger charge is -2.07. The predicted octanol–water partition coefficient (Wildman–Crippen LogP) is 1.91. The Balaban J connectivity index is 2.95. The van der Waals surface area contributed by atoms with Gasteiger partial charge >= 0.3 is 0 Å². The number of nitrogens with one attached hydrogen (secondary N) is 2. The summed E-state index contributed by atoms with van der Waals surface area (Å²) in [4.78, 5) is 0. The lowest BCUT2D eigenvalue weighted by molar-refractivity contribution is 0.133. The standard InChI is InChI=1S/C12H26N2O/c1-4-12(2)14-8-6-5-7-10-15-11-9-13-3/h13-14H,2,4-11H2,1,3H3. The second-order valence-corrected chi connectivity index (χ2v) is 3.66. The Morgan fingerprint density at radius 2 is 1.93 bits per heavy atom. The van der Waals surface area contributed by atoms with Crippen molar-refractivity contribution in [3.63, 3.8) is 0 Å². The van der Waals surface area contributed by atoms with E-state index in [4.69, 9.17) is 4.74 Å². The fourth-order valence-electron chi connectivity index (χ4n) is 1.17. The Labute approximate surface area is 94.3 Å². The van der Waals surface area contributed by atoms with Crippen molar-refractivity contribution in [1.82, 2.24) is 10.6 Å². The summed E-state index contributed by atoms with van der Waals surface area (Å²) in [6.45, 7) is 9.71. The smallest absolute Gasteiger partial charge is 0.0590 e. The van der Waals surface area contributed by atoms with Crippen LogP contribution in [0.3, 0.4) is 0 Å². The molecule has 0 saturated heterocycles. The SMILES string of the molecule is C=C(CC)NCCCCCOCCNC. The van der Waals surface area contributed by atoms with E-state index in [-0.39, 0.29) is 0 Å². The molecule has 3 heteroatoms. The number of unbranched alkanes of at least 4 members (excludes halogenated alkanes) is 2. The molecule has 0 aromatic heterocycles. The van der Waals surface area contributed by atoms with Crippen LogP contribution in [-0.2, 0) is 4.74 Å². The third-order valence-electron chi connectivity index (χ3n) is 2.26. The second kappa shape index (κ2) is 11.5. The molecule has 0 aliphatic carbocycles. The van der Waals surface area contributed by atoms with Crippen LogP contribution in [0.2, 0.25) is 0 Å². The summed E-state index contributed by atoms with van der Waals surface area (Å²) < 4.78 is 5.42. The fraction of sp³-hybridized carbons (Fsp3) is 0.833. The van der Waals surface area contributed by atoms with Crippen LogP contribution in [0.15, 0.2) is 12.3 Å². The third kappa shape index (κ3) is 11.4. The van der Waals surface area contributed by atoms with Crippen molar-refractivity contribution in [3.05, 3.63) is 12.3 Å². The lowest BCUT2D eigenvalue weighted by atomic mass is 10.2. The van der Waals surface area contributed by atoms with E-state index in [1.807, 2.05) is 7.05 Å². The van der Waals surface area contributed by atoms with Crippen LogP contribution in [0.5, 0.6) is 0 Å². The molecule has 0 radical (unpaired) electrons.